The fourth-order valence-corrected chi connectivity index (χ4v) is 3.06. The number of hydrogen-bond acceptors (Lipinski definition) is 2. The van der Waals surface area contributed by atoms with Crippen molar-refractivity contribution in [2.45, 2.75) is 40.7 Å². The summed E-state index contributed by atoms with van der Waals surface area (Å²) in [6.07, 6.45) is 1.06. The molecule has 2 rings (SSSR count). The first-order valence-electron chi connectivity index (χ1n) is 6.94. The van der Waals surface area contributed by atoms with Gasteiger partial charge in [0, 0.05) is 10.9 Å². The summed E-state index contributed by atoms with van der Waals surface area (Å²) in [4.78, 5) is 0. The van der Waals surface area contributed by atoms with Gasteiger partial charge in [0.25, 0.3) is 0 Å². The maximum atomic E-state index is 6.08. The smallest absolute Gasteiger partial charge is 0.148 e. The molecule has 1 heterocycles. The summed E-state index contributed by atoms with van der Waals surface area (Å²) in [6, 6.07) is 4.35. The zero-order valence-electron chi connectivity index (χ0n) is 12.1. The number of aryl methyl sites for hydroxylation is 1. The van der Waals surface area contributed by atoms with Crippen LogP contribution >= 0.6 is 15.9 Å². The second-order valence-electron chi connectivity index (χ2n) is 5.51. The highest BCUT2D eigenvalue weighted by Crippen LogP contribution is 2.34. The zero-order chi connectivity index (χ0) is 14.0. The van der Waals surface area contributed by atoms with Gasteiger partial charge in [-0.05, 0) is 59.4 Å². The molecule has 0 amide bonds. The van der Waals surface area contributed by atoms with E-state index in [-0.39, 0.29) is 0 Å². The lowest BCUT2D eigenvalue weighted by Crippen LogP contribution is -2.12. The van der Waals surface area contributed by atoms with Crippen LogP contribution in [0.2, 0.25) is 0 Å². The SMILES string of the molecule is CCNCc1oc2c(Br)cc(C)cc2c1CC(C)C. The van der Waals surface area contributed by atoms with E-state index in [4.69, 9.17) is 4.42 Å². The second kappa shape index (κ2) is 6.10. The standard InChI is InChI=1S/C16H22BrNO/c1-5-18-9-15-12(6-10(2)3)13-7-11(4)8-14(17)16(13)19-15/h7-8,10,18H,5-6,9H2,1-4H3. The van der Waals surface area contributed by atoms with Gasteiger partial charge >= 0.3 is 0 Å². The van der Waals surface area contributed by atoms with Crippen molar-refractivity contribution in [3.05, 3.63) is 33.5 Å². The van der Waals surface area contributed by atoms with E-state index in [9.17, 15) is 0 Å². The van der Waals surface area contributed by atoms with E-state index >= 15 is 0 Å². The summed E-state index contributed by atoms with van der Waals surface area (Å²) in [5.74, 6) is 1.71. The zero-order valence-corrected chi connectivity index (χ0v) is 13.7. The molecule has 2 nitrogen and oxygen atoms in total. The Kier molecular flexibility index (Phi) is 4.69. The highest BCUT2D eigenvalue weighted by atomic mass is 79.9. The van der Waals surface area contributed by atoms with Gasteiger partial charge in [0.1, 0.15) is 11.3 Å². The molecule has 0 bridgehead atoms. The number of benzene rings is 1. The van der Waals surface area contributed by atoms with Gasteiger partial charge in [-0.25, -0.2) is 0 Å². The average Bonchev–Trinajstić information content (AvgIpc) is 2.65. The van der Waals surface area contributed by atoms with Crippen LogP contribution in [0, 0.1) is 12.8 Å². The topological polar surface area (TPSA) is 25.2 Å². The number of furan rings is 1. The molecular weight excluding hydrogens is 302 g/mol. The summed E-state index contributed by atoms with van der Waals surface area (Å²) in [5, 5.41) is 4.62. The minimum Gasteiger partial charge on any atom is -0.458 e. The van der Waals surface area contributed by atoms with Crippen LogP contribution in [0.4, 0.5) is 0 Å². The van der Waals surface area contributed by atoms with E-state index in [1.54, 1.807) is 0 Å². The van der Waals surface area contributed by atoms with Crippen molar-refractivity contribution < 1.29 is 4.42 Å². The monoisotopic (exact) mass is 323 g/mol. The number of fused-ring (bicyclic) bond motifs is 1. The largest absolute Gasteiger partial charge is 0.458 e. The molecule has 104 valence electrons. The van der Waals surface area contributed by atoms with Crippen molar-refractivity contribution >= 4 is 26.9 Å². The Morgan fingerprint density at radius 3 is 2.68 bits per heavy atom. The minimum atomic E-state index is 0.625. The lowest BCUT2D eigenvalue weighted by atomic mass is 9.99. The Balaban J connectivity index is 2.56. The van der Waals surface area contributed by atoms with E-state index in [1.165, 1.54) is 16.5 Å². The van der Waals surface area contributed by atoms with Gasteiger partial charge in [-0.1, -0.05) is 20.8 Å². The van der Waals surface area contributed by atoms with Crippen LogP contribution in [0.15, 0.2) is 21.0 Å². The molecular formula is C16H22BrNO. The molecule has 0 saturated heterocycles. The Hall–Kier alpha value is -0.800. The van der Waals surface area contributed by atoms with E-state index in [0.29, 0.717) is 5.92 Å². The molecule has 0 fully saturated rings. The third kappa shape index (κ3) is 3.21. The molecule has 1 aromatic heterocycles. The van der Waals surface area contributed by atoms with Gasteiger partial charge in [-0.2, -0.15) is 0 Å². The predicted molar refractivity (Wildman–Crippen MR) is 84.6 cm³/mol. The Morgan fingerprint density at radius 2 is 2.05 bits per heavy atom. The maximum Gasteiger partial charge on any atom is 0.148 e. The molecule has 0 spiro atoms. The van der Waals surface area contributed by atoms with E-state index in [2.05, 4.69) is 61.1 Å². The first-order valence-corrected chi connectivity index (χ1v) is 7.73. The molecule has 0 atom stereocenters. The fourth-order valence-electron chi connectivity index (χ4n) is 2.41. The molecule has 3 heteroatoms. The van der Waals surface area contributed by atoms with Crippen molar-refractivity contribution in [2.75, 3.05) is 6.54 Å². The molecule has 0 aliphatic rings. The van der Waals surface area contributed by atoms with Gasteiger partial charge in [0.2, 0.25) is 0 Å². The van der Waals surface area contributed by atoms with Crippen LogP contribution in [0.25, 0.3) is 11.0 Å². The molecule has 2 aromatic rings. The van der Waals surface area contributed by atoms with Gasteiger partial charge in [0.05, 0.1) is 11.0 Å². The summed E-state index contributed by atoms with van der Waals surface area (Å²) in [6.45, 7) is 10.5. The molecule has 0 unspecified atom stereocenters. The molecule has 0 radical (unpaired) electrons. The van der Waals surface area contributed by atoms with Crippen LogP contribution in [-0.2, 0) is 13.0 Å². The second-order valence-corrected chi connectivity index (χ2v) is 6.36. The van der Waals surface area contributed by atoms with E-state index < -0.39 is 0 Å². The van der Waals surface area contributed by atoms with Crippen molar-refractivity contribution in [3.63, 3.8) is 0 Å². The predicted octanol–water partition coefficient (Wildman–Crippen LogP) is 4.81. The van der Waals surface area contributed by atoms with Gasteiger partial charge in [-0.15, -0.1) is 0 Å². The first kappa shape index (κ1) is 14.6. The highest BCUT2D eigenvalue weighted by molar-refractivity contribution is 9.10. The maximum absolute atomic E-state index is 6.08. The van der Waals surface area contributed by atoms with Gasteiger partial charge < -0.3 is 9.73 Å². The van der Waals surface area contributed by atoms with Crippen molar-refractivity contribution in [1.29, 1.82) is 0 Å². The van der Waals surface area contributed by atoms with E-state index in [1.807, 2.05) is 0 Å². The van der Waals surface area contributed by atoms with Crippen LogP contribution in [0.3, 0.4) is 0 Å². The minimum absolute atomic E-state index is 0.625. The van der Waals surface area contributed by atoms with Crippen molar-refractivity contribution in [3.8, 4) is 0 Å². The molecule has 1 aromatic carbocycles. The Morgan fingerprint density at radius 1 is 1.32 bits per heavy atom. The van der Waals surface area contributed by atoms with Gasteiger partial charge in [-0.3, -0.25) is 0 Å². The Labute approximate surface area is 123 Å². The third-order valence-corrected chi connectivity index (χ3v) is 3.81. The summed E-state index contributed by atoms with van der Waals surface area (Å²) in [7, 11) is 0. The lowest BCUT2D eigenvalue weighted by Gasteiger charge is -2.06. The molecule has 0 aliphatic heterocycles. The average molecular weight is 324 g/mol. The summed E-state index contributed by atoms with van der Waals surface area (Å²) >= 11 is 3.62. The first-order chi connectivity index (χ1) is 9.02. The lowest BCUT2D eigenvalue weighted by molar-refractivity contribution is 0.505. The molecule has 1 N–H and O–H groups in total. The van der Waals surface area contributed by atoms with Gasteiger partial charge in [0.15, 0.2) is 0 Å². The number of nitrogens with one attached hydrogen (secondary N) is 1. The van der Waals surface area contributed by atoms with Crippen LogP contribution in [0.1, 0.15) is 37.7 Å². The molecule has 0 aliphatic carbocycles. The molecule has 19 heavy (non-hydrogen) atoms. The number of halogens is 1. The van der Waals surface area contributed by atoms with Crippen LogP contribution in [0.5, 0.6) is 0 Å². The highest BCUT2D eigenvalue weighted by Gasteiger charge is 2.17. The summed E-state index contributed by atoms with van der Waals surface area (Å²) in [5.41, 5.74) is 3.60. The quantitative estimate of drug-likeness (QED) is 0.854. The van der Waals surface area contributed by atoms with E-state index in [0.717, 1.165) is 35.3 Å². The summed E-state index contributed by atoms with van der Waals surface area (Å²) < 4.78 is 7.13. The number of rotatable bonds is 5. The van der Waals surface area contributed by atoms with Crippen LogP contribution in [-0.4, -0.2) is 6.54 Å². The third-order valence-electron chi connectivity index (χ3n) is 3.22. The molecule has 0 saturated carbocycles. The van der Waals surface area contributed by atoms with Crippen LogP contribution < -0.4 is 5.32 Å². The number of hydrogen-bond donors (Lipinski definition) is 1. The fraction of sp³-hybridized carbons (Fsp3) is 0.500. The Bertz CT molecular complexity index is 572. The van der Waals surface area contributed by atoms with Crippen molar-refractivity contribution in [2.24, 2.45) is 5.92 Å². The van der Waals surface area contributed by atoms with Crippen molar-refractivity contribution in [1.82, 2.24) is 5.32 Å². The normalized spacial score (nSPS) is 11.7.